The van der Waals surface area contributed by atoms with Crippen LogP contribution >= 0.6 is 12.2 Å². The van der Waals surface area contributed by atoms with E-state index in [0.717, 1.165) is 5.56 Å². The van der Waals surface area contributed by atoms with Gasteiger partial charge in [-0.15, -0.1) is 0 Å². The van der Waals surface area contributed by atoms with Crippen LogP contribution in [0.1, 0.15) is 16.9 Å². The summed E-state index contributed by atoms with van der Waals surface area (Å²) >= 11 is 5.07. The van der Waals surface area contributed by atoms with Crippen molar-refractivity contribution in [1.29, 1.82) is 0 Å². The number of nitrogens with one attached hydrogen (secondary N) is 2. The van der Waals surface area contributed by atoms with Crippen LogP contribution in [0.2, 0.25) is 0 Å². The summed E-state index contributed by atoms with van der Waals surface area (Å²) in [7, 11) is 0. The molecule has 0 saturated heterocycles. The Kier molecular flexibility index (Phi) is 5.21. The van der Waals surface area contributed by atoms with E-state index in [1.54, 1.807) is 0 Å². The van der Waals surface area contributed by atoms with Gasteiger partial charge in [-0.3, -0.25) is 15.5 Å². The maximum Gasteiger partial charge on any atom is 0.433 e. The molecule has 1 aromatic carbocycles. The Morgan fingerprint density at radius 1 is 1.45 bits per heavy atom. The van der Waals surface area contributed by atoms with Gasteiger partial charge >= 0.3 is 5.88 Å². The average molecular weight is 318 g/mol. The van der Waals surface area contributed by atoms with Gasteiger partial charge in [0.25, 0.3) is 0 Å². The first-order valence-electron chi connectivity index (χ1n) is 6.41. The Morgan fingerprint density at radius 2 is 2.27 bits per heavy atom. The van der Waals surface area contributed by atoms with Gasteiger partial charge in [-0.05, 0) is 30.8 Å². The fourth-order valence-corrected chi connectivity index (χ4v) is 1.83. The molecular formula is C14H14N4O3S. The predicted octanol–water partition coefficient (Wildman–Crippen LogP) is 2.49. The van der Waals surface area contributed by atoms with Gasteiger partial charge in [0, 0.05) is 6.54 Å². The second kappa shape index (κ2) is 7.32. The summed E-state index contributed by atoms with van der Waals surface area (Å²) in [4.78, 5) is 9.85. The first-order chi connectivity index (χ1) is 10.5. The maximum atomic E-state index is 10.5. The van der Waals surface area contributed by atoms with Crippen molar-refractivity contribution in [1.82, 2.24) is 10.7 Å². The molecule has 0 amide bonds. The van der Waals surface area contributed by atoms with Crippen molar-refractivity contribution in [3.63, 3.8) is 0 Å². The highest BCUT2D eigenvalue weighted by Gasteiger charge is 2.10. The van der Waals surface area contributed by atoms with Crippen molar-refractivity contribution >= 4 is 29.4 Å². The van der Waals surface area contributed by atoms with Crippen LogP contribution in [0, 0.1) is 17.0 Å². The molecule has 1 heterocycles. The summed E-state index contributed by atoms with van der Waals surface area (Å²) in [6, 6.07) is 10.8. The predicted molar refractivity (Wildman–Crippen MR) is 86.7 cm³/mol. The number of nitro groups is 1. The normalized spacial score (nSPS) is 10.6. The van der Waals surface area contributed by atoms with Gasteiger partial charge in [0.1, 0.15) is 4.92 Å². The summed E-state index contributed by atoms with van der Waals surface area (Å²) in [5.74, 6) is -0.0673. The molecule has 0 aliphatic heterocycles. The summed E-state index contributed by atoms with van der Waals surface area (Å²) < 4.78 is 4.92. The lowest BCUT2D eigenvalue weighted by Crippen LogP contribution is -2.31. The van der Waals surface area contributed by atoms with Crippen LogP contribution in [-0.4, -0.2) is 16.3 Å². The molecule has 2 aromatic rings. The molecule has 0 saturated carbocycles. The van der Waals surface area contributed by atoms with Crippen molar-refractivity contribution in [2.24, 2.45) is 5.10 Å². The van der Waals surface area contributed by atoms with Crippen molar-refractivity contribution < 1.29 is 9.34 Å². The fraction of sp³-hybridized carbons (Fsp3) is 0.143. The third kappa shape index (κ3) is 4.67. The van der Waals surface area contributed by atoms with Crippen LogP contribution in [-0.2, 0) is 6.54 Å². The monoisotopic (exact) mass is 318 g/mol. The molecule has 0 aliphatic rings. The molecule has 8 heteroatoms. The summed E-state index contributed by atoms with van der Waals surface area (Å²) in [5.41, 5.74) is 4.90. The number of hydrogen-bond donors (Lipinski definition) is 2. The van der Waals surface area contributed by atoms with Crippen molar-refractivity contribution in [2.45, 2.75) is 13.5 Å². The topological polar surface area (TPSA) is 92.7 Å². The summed E-state index contributed by atoms with van der Waals surface area (Å²) in [6.07, 6.45) is 1.31. The average Bonchev–Trinajstić information content (AvgIpc) is 2.94. The minimum Gasteiger partial charge on any atom is -0.400 e. The SMILES string of the molecule is Cc1cccc(CNC(=S)N/N=C/c2ccc([N+](=O)[O-])o2)c1. The van der Waals surface area contributed by atoms with E-state index in [1.165, 1.54) is 23.9 Å². The van der Waals surface area contributed by atoms with E-state index >= 15 is 0 Å². The summed E-state index contributed by atoms with van der Waals surface area (Å²) in [6.45, 7) is 2.60. The molecular weight excluding hydrogens is 304 g/mol. The first kappa shape index (κ1) is 15.6. The number of furan rings is 1. The Balaban J connectivity index is 1.79. The number of rotatable bonds is 5. The minimum absolute atomic E-state index is 0.265. The van der Waals surface area contributed by atoms with Crippen LogP contribution in [0.3, 0.4) is 0 Å². The Hall–Kier alpha value is -2.74. The highest BCUT2D eigenvalue weighted by molar-refractivity contribution is 7.80. The zero-order chi connectivity index (χ0) is 15.9. The Bertz CT molecular complexity index is 712. The lowest BCUT2D eigenvalue weighted by Gasteiger charge is -2.07. The molecule has 0 aliphatic carbocycles. The zero-order valence-electron chi connectivity index (χ0n) is 11.8. The van der Waals surface area contributed by atoms with Crippen LogP contribution in [0.15, 0.2) is 45.9 Å². The largest absolute Gasteiger partial charge is 0.433 e. The van der Waals surface area contributed by atoms with Gasteiger partial charge < -0.3 is 9.73 Å². The van der Waals surface area contributed by atoms with E-state index < -0.39 is 4.92 Å². The van der Waals surface area contributed by atoms with Crippen molar-refractivity contribution in [3.05, 3.63) is 63.4 Å². The van der Waals surface area contributed by atoms with E-state index in [2.05, 4.69) is 21.9 Å². The standard InChI is InChI=1S/C14H14N4O3S/c1-10-3-2-4-11(7-10)8-15-14(22)17-16-9-12-5-6-13(21-12)18(19)20/h2-7,9H,8H2,1H3,(H2,15,17,22)/b16-9+. The molecule has 114 valence electrons. The van der Waals surface area contributed by atoms with Gasteiger partial charge in [0.15, 0.2) is 10.9 Å². The molecule has 0 radical (unpaired) electrons. The van der Waals surface area contributed by atoms with E-state index in [9.17, 15) is 10.1 Å². The Morgan fingerprint density at radius 3 is 2.95 bits per heavy atom. The van der Waals surface area contributed by atoms with Crippen LogP contribution < -0.4 is 10.7 Å². The molecule has 0 bridgehead atoms. The van der Waals surface area contributed by atoms with Crippen molar-refractivity contribution in [3.8, 4) is 0 Å². The van der Waals surface area contributed by atoms with Crippen LogP contribution in [0.5, 0.6) is 0 Å². The molecule has 0 spiro atoms. The first-order valence-corrected chi connectivity index (χ1v) is 6.82. The van der Waals surface area contributed by atoms with E-state index in [1.807, 2.05) is 25.1 Å². The molecule has 0 unspecified atom stereocenters. The zero-order valence-corrected chi connectivity index (χ0v) is 12.6. The third-order valence-corrected chi connectivity index (χ3v) is 2.92. The molecule has 0 atom stereocenters. The van der Waals surface area contributed by atoms with E-state index in [0.29, 0.717) is 11.7 Å². The smallest absolute Gasteiger partial charge is 0.400 e. The van der Waals surface area contributed by atoms with Gasteiger partial charge in [0.2, 0.25) is 0 Å². The Labute approximate surface area is 132 Å². The molecule has 22 heavy (non-hydrogen) atoms. The molecule has 2 rings (SSSR count). The van der Waals surface area contributed by atoms with Crippen molar-refractivity contribution in [2.75, 3.05) is 0 Å². The quantitative estimate of drug-likeness (QED) is 0.381. The number of benzene rings is 1. The minimum atomic E-state index is -0.612. The molecule has 2 N–H and O–H groups in total. The van der Waals surface area contributed by atoms with Gasteiger partial charge in [0.05, 0.1) is 12.3 Å². The van der Waals surface area contributed by atoms with Gasteiger partial charge in [-0.2, -0.15) is 5.10 Å². The second-order valence-electron chi connectivity index (χ2n) is 4.47. The molecule has 7 nitrogen and oxygen atoms in total. The lowest BCUT2D eigenvalue weighted by atomic mass is 10.1. The van der Waals surface area contributed by atoms with Gasteiger partial charge in [-0.1, -0.05) is 29.8 Å². The number of hydrazone groups is 1. The van der Waals surface area contributed by atoms with E-state index in [4.69, 9.17) is 16.6 Å². The highest BCUT2D eigenvalue weighted by Crippen LogP contribution is 2.13. The van der Waals surface area contributed by atoms with E-state index in [-0.39, 0.29) is 11.6 Å². The second-order valence-corrected chi connectivity index (χ2v) is 4.88. The number of hydrogen-bond acceptors (Lipinski definition) is 5. The number of nitrogens with zero attached hydrogens (tertiary/aromatic N) is 2. The number of thiocarbonyl (C=S) groups is 1. The maximum absolute atomic E-state index is 10.5. The van der Waals surface area contributed by atoms with Crippen LogP contribution in [0.4, 0.5) is 5.88 Å². The molecule has 0 fully saturated rings. The number of aryl methyl sites for hydroxylation is 1. The molecule has 1 aromatic heterocycles. The summed E-state index contributed by atoms with van der Waals surface area (Å²) in [5, 5.41) is 17.7. The lowest BCUT2D eigenvalue weighted by molar-refractivity contribution is -0.402. The highest BCUT2D eigenvalue weighted by atomic mass is 32.1. The van der Waals surface area contributed by atoms with Gasteiger partial charge in [-0.25, -0.2) is 0 Å². The fourth-order valence-electron chi connectivity index (χ4n) is 1.71. The third-order valence-electron chi connectivity index (χ3n) is 2.69. The van der Waals surface area contributed by atoms with Crippen LogP contribution in [0.25, 0.3) is 0 Å².